The number of hydrogen-bond donors (Lipinski definition) is 1. The molecular weight excluding hydrogens is 468 g/mol. The van der Waals surface area contributed by atoms with Crippen molar-refractivity contribution in [2.75, 3.05) is 25.0 Å². The van der Waals surface area contributed by atoms with Crippen LogP contribution in [0.25, 0.3) is 5.69 Å². The molecule has 2 aromatic carbocycles. The van der Waals surface area contributed by atoms with Crippen LogP contribution in [-0.4, -0.2) is 54.1 Å². The van der Waals surface area contributed by atoms with Crippen molar-refractivity contribution < 1.29 is 22.7 Å². The van der Waals surface area contributed by atoms with Crippen molar-refractivity contribution in [3.63, 3.8) is 0 Å². The first-order valence-corrected chi connectivity index (χ1v) is 12.9. The number of esters is 1. The van der Waals surface area contributed by atoms with Crippen LogP contribution >= 0.6 is 0 Å². The quantitative estimate of drug-likeness (QED) is 0.502. The Morgan fingerprint density at radius 2 is 1.71 bits per heavy atom. The molecule has 1 aromatic heterocycles. The number of sulfonamides is 1. The lowest BCUT2D eigenvalue weighted by Crippen LogP contribution is -2.35. The number of nitrogens with one attached hydrogen (secondary N) is 1. The zero-order valence-electron chi connectivity index (χ0n) is 19.7. The summed E-state index contributed by atoms with van der Waals surface area (Å²) in [5.41, 5.74) is 2.84. The number of nitrogens with zero attached hydrogens (tertiary/aromatic N) is 3. The maximum absolute atomic E-state index is 12.9. The average Bonchev–Trinajstić information content (AvgIpc) is 3.16. The first kappa shape index (κ1) is 24.6. The first-order valence-electron chi connectivity index (χ1n) is 11.5. The Morgan fingerprint density at radius 3 is 2.43 bits per heavy atom. The smallest absolute Gasteiger partial charge is 0.338 e. The Kier molecular flexibility index (Phi) is 7.32. The van der Waals surface area contributed by atoms with E-state index in [0.717, 1.165) is 30.6 Å². The van der Waals surface area contributed by atoms with E-state index in [2.05, 4.69) is 10.4 Å². The number of carbonyl (C=O) groups excluding carboxylic acids is 2. The van der Waals surface area contributed by atoms with Crippen LogP contribution in [0.2, 0.25) is 0 Å². The Hall–Kier alpha value is -3.50. The van der Waals surface area contributed by atoms with Crippen LogP contribution in [0.15, 0.2) is 59.5 Å². The summed E-state index contributed by atoms with van der Waals surface area (Å²) in [6.07, 6.45) is 2.64. The summed E-state index contributed by atoms with van der Waals surface area (Å²) >= 11 is 0. The highest BCUT2D eigenvalue weighted by atomic mass is 32.2. The molecule has 1 amide bonds. The van der Waals surface area contributed by atoms with Gasteiger partial charge in [0.1, 0.15) is 0 Å². The summed E-state index contributed by atoms with van der Waals surface area (Å²) < 4.78 is 34.1. The van der Waals surface area contributed by atoms with Gasteiger partial charge in [-0.25, -0.2) is 17.9 Å². The van der Waals surface area contributed by atoms with Gasteiger partial charge in [-0.3, -0.25) is 4.79 Å². The molecule has 35 heavy (non-hydrogen) atoms. The van der Waals surface area contributed by atoms with Gasteiger partial charge < -0.3 is 10.1 Å². The van der Waals surface area contributed by atoms with E-state index >= 15 is 0 Å². The third-order valence-corrected chi connectivity index (χ3v) is 7.81. The average molecular weight is 497 g/mol. The van der Waals surface area contributed by atoms with Crippen LogP contribution in [0.1, 0.15) is 41.0 Å². The van der Waals surface area contributed by atoms with E-state index in [4.69, 9.17) is 4.74 Å². The van der Waals surface area contributed by atoms with Crippen LogP contribution < -0.4 is 5.32 Å². The summed E-state index contributed by atoms with van der Waals surface area (Å²) in [6, 6.07) is 15.2. The molecule has 1 aliphatic heterocycles. The number of hydrogen-bond acceptors (Lipinski definition) is 6. The van der Waals surface area contributed by atoms with E-state index in [9.17, 15) is 18.0 Å². The SMILES string of the molecule is Cc1nn(-c2ccccc2)c(C)c1NC(=O)COC(=O)c1cccc(S(=O)(=O)N2CCCCC2)c1. The van der Waals surface area contributed by atoms with Crippen molar-refractivity contribution in [2.24, 2.45) is 0 Å². The highest BCUT2D eigenvalue weighted by Gasteiger charge is 2.27. The Balaban J connectivity index is 1.40. The van der Waals surface area contributed by atoms with E-state index in [1.807, 2.05) is 37.3 Å². The summed E-state index contributed by atoms with van der Waals surface area (Å²) in [4.78, 5) is 25.1. The molecule has 0 unspecified atom stereocenters. The molecule has 0 atom stereocenters. The van der Waals surface area contributed by atoms with Crippen molar-refractivity contribution in [3.8, 4) is 5.69 Å². The van der Waals surface area contributed by atoms with Gasteiger partial charge in [-0.1, -0.05) is 30.7 Å². The van der Waals surface area contributed by atoms with Gasteiger partial charge in [0.25, 0.3) is 5.91 Å². The second kappa shape index (κ2) is 10.4. The lowest BCUT2D eigenvalue weighted by molar-refractivity contribution is -0.119. The molecule has 9 nitrogen and oxygen atoms in total. The van der Waals surface area contributed by atoms with Gasteiger partial charge >= 0.3 is 5.97 Å². The summed E-state index contributed by atoms with van der Waals surface area (Å²) in [6.45, 7) is 4.04. The minimum absolute atomic E-state index is 0.0397. The molecule has 10 heteroatoms. The molecule has 0 radical (unpaired) electrons. The number of amides is 1. The molecule has 184 valence electrons. The number of aromatic nitrogens is 2. The fourth-order valence-corrected chi connectivity index (χ4v) is 5.64. The molecule has 1 saturated heterocycles. The minimum Gasteiger partial charge on any atom is -0.452 e. The van der Waals surface area contributed by atoms with Gasteiger partial charge in [0, 0.05) is 13.1 Å². The maximum atomic E-state index is 12.9. The molecule has 2 heterocycles. The molecule has 0 spiro atoms. The molecule has 0 aliphatic carbocycles. The predicted molar refractivity (Wildman–Crippen MR) is 131 cm³/mol. The molecule has 4 rings (SSSR count). The molecule has 1 N–H and O–H groups in total. The van der Waals surface area contributed by atoms with Gasteiger partial charge in [-0.05, 0) is 57.0 Å². The van der Waals surface area contributed by atoms with Crippen molar-refractivity contribution in [2.45, 2.75) is 38.0 Å². The van der Waals surface area contributed by atoms with Crippen molar-refractivity contribution in [1.29, 1.82) is 0 Å². The zero-order valence-corrected chi connectivity index (χ0v) is 20.5. The number of ether oxygens (including phenoxy) is 1. The fourth-order valence-electron chi connectivity index (χ4n) is 4.07. The lowest BCUT2D eigenvalue weighted by Gasteiger charge is -2.25. The second-order valence-electron chi connectivity index (χ2n) is 8.41. The van der Waals surface area contributed by atoms with Gasteiger partial charge in [0.15, 0.2) is 6.61 Å². The highest BCUT2D eigenvalue weighted by Crippen LogP contribution is 2.23. The minimum atomic E-state index is -3.68. The molecule has 0 saturated carbocycles. The van der Waals surface area contributed by atoms with Crippen LogP contribution in [-0.2, 0) is 19.6 Å². The maximum Gasteiger partial charge on any atom is 0.338 e. The van der Waals surface area contributed by atoms with Gasteiger partial charge in [-0.2, -0.15) is 9.40 Å². The number of piperidine rings is 1. The molecule has 0 bridgehead atoms. The number of aryl methyl sites for hydroxylation is 1. The van der Waals surface area contributed by atoms with E-state index in [1.54, 1.807) is 11.6 Å². The third-order valence-electron chi connectivity index (χ3n) is 5.91. The van der Waals surface area contributed by atoms with Crippen LogP contribution in [0, 0.1) is 13.8 Å². The van der Waals surface area contributed by atoms with Gasteiger partial charge in [0.2, 0.25) is 10.0 Å². The van der Waals surface area contributed by atoms with Crippen molar-refractivity contribution in [1.82, 2.24) is 14.1 Å². The largest absolute Gasteiger partial charge is 0.452 e. The van der Waals surface area contributed by atoms with E-state index in [-0.39, 0.29) is 10.5 Å². The number of benzene rings is 2. The lowest BCUT2D eigenvalue weighted by atomic mass is 10.2. The summed E-state index contributed by atoms with van der Waals surface area (Å²) in [7, 11) is -3.68. The number of para-hydroxylation sites is 1. The Morgan fingerprint density at radius 1 is 1.00 bits per heavy atom. The third kappa shape index (κ3) is 5.44. The standard InChI is InChI=1S/C25H28N4O5S/c1-18-24(19(2)29(27-18)21-11-5-3-6-12-21)26-23(30)17-34-25(31)20-10-9-13-22(16-20)35(32,33)28-14-7-4-8-15-28/h3,5-6,9-13,16H,4,7-8,14-15,17H2,1-2H3,(H,26,30). The van der Waals surface area contributed by atoms with E-state index in [1.165, 1.54) is 28.6 Å². The first-order chi connectivity index (χ1) is 16.8. The summed E-state index contributed by atoms with van der Waals surface area (Å²) in [5, 5.41) is 7.23. The van der Waals surface area contributed by atoms with E-state index < -0.39 is 28.5 Å². The number of anilines is 1. The van der Waals surface area contributed by atoms with Crippen molar-refractivity contribution in [3.05, 3.63) is 71.5 Å². The fraction of sp³-hybridized carbons (Fsp3) is 0.320. The normalized spacial score (nSPS) is 14.5. The number of rotatable bonds is 7. The molecule has 1 aliphatic rings. The van der Waals surface area contributed by atoms with Crippen LogP contribution in [0.3, 0.4) is 0 Å². The van der Waals surface area contributed by atoms with Crippen LogP contribution in [0.4, 0.5) is 5.69 Å². The predicted octanol–water partition coefficient (Wildman–Crippen LogP) is 3.46. The van der Waals surface area contributed by atoms with Gasteiger partial charge in [0.05, 0.1) is 33.2 Å². The number of carbonyl (C=O) groups is 2. The second-order valence-corrected chi connectivity index (χ2v) is 10.3. The molecule has 3 aromatic rings. The highest BCUT2D eigenvalue weighted by molar-refractivity contribution is 7.89. The van der Waals surface area contributed by atoms with E-state index in [0.29, 0.717) is 24.5 Å². The monoisotopic (exact) mass is 496 g/mol. The Bertz CT molecular complexity index is 1330. The van der Waals surface area contributed by atoms with Crippen molar-refractivity contribution >= 4 is 27.6 Å². The molecule has 1 fully saturated rings. The topological polar surface area (TPSA) is 111 Å². The molecular formula is C25H28N4O5S. The van der Waals surface area contributed by atoms with Gasteiger partial charge in [-0.15, -0.1) is 0 Å². The Labute approximate surface area is 204 Å². The zero-order chi connectivity index (χ0) is 25.0. The summed E-state index contributed by atoms with van der Waals surface area (Å²) in [5.74, 6) is -1.29. The van der Waals surface area contributed by atoms with Crippen LogP contribution in [0.5, 0.6) is 0 Å².